The van der Waals surface area contributed by atoms with Gasteiger partial charge in [-0.05, 0) is 33.6 Å². The second-order valence-electron chi connectivity index (χ2n) is 6.55. The zero-order chi connectivity index (χ0) is 16.3. The lowest BCUT2D eigenvalue weighted by molar-refractivity contribution is 0.0231. The maximum Gasteiger partial charge on any atom is 0.410 e. The molecule has 0 saturated carbocycles. The summed E-state index contributed by atoms with van der Waals surface area (Å²) in [5.74, 6) is -0.0224. The zero-order valence-corrected chi connectivity index (χ0v) is 13.5. The molecular weight excluding hydrogens is 287 g/mol. The van der Waals surface area contributed by atoms with Gasteiger partial charge in [-0.25, -0.2) is 19.2 Å². The van der Waals surface area contributed by atoms with Crippen LogP contribution >= 0.6 is 0 Å². The van der Waals surface area contributed by atoms with Crippen LogP contribution in [0.5, 0.6) is 0 Å². The first-order valence-electron chi connectivity index (χ1n) is 7.44. The Hall–Kier alpha value is -1.92. The number of amides is 1. The van der Waals surface area contributed by atoms with Crippen molar-refractivity contribution < 1.29 is 13.9 Å². The van der Waals surface area contributed by atoms with Crippen molar-refractivity contribution in [1.29, 1.82) is 0 Å². The lowest BCUT2D eigenvalue weighted by atomic mass is 10.2. The molecule has 6 nitrogen and oxygen atoms in total. The van der Waals surface area contributed by atoms with E-state index in [9.17, 15) is 9.18 Å². The molecule has 0 radical (unpaired) electrons. The Morgan fingerprint density at radius 1 is 1.45 bits per heavy atom. The summed E-state index contributed by atoms with van der Waals surface area (Å²) in [6.45, 7) is 6.85. The van der Waals surface area contributed by atoms with E-state index in [-0.39, 0.29) is 12.1 Å². The van der Waals surface area contributed by atoms with E-state index >= 15 is 0 Å². The minimum Gasteiger partial charge on any atom is -0.444 e. The van der Waals surface area contributed by atoms with Gasteiger partial charge in [-0.1, -0.05) is 0 Å². The summed E-state index contributed by atoms with van der Waals surface area (Å²) in [4.78, 5) is 23.7. The van der Waals surface area contributed by atoms with E-state index in [0.717, 1.165) is 25.2 Å². The Kier molecular flexibility index (Phi) is 4.83. The Morgan fingerprint density at radius 2 is 2.09 bits per heavy atom. The molecule has 1 unspecified atom stereocenters. The van der Waals surface area contributed by atoms with Crippen LogP contribution in [-0.4, -0.2) is 52.7 Å². The normalized spacial score (nSPS) is 18.4. The molecule has 1 amide bonds. The summed E-state index contributed by atoms with van der Waals surface area (Å²) in [5, 5.41) is 0. The first-order chi connectivity index (χ1) is 10.3. The van der Waals surface area contributed by atoms with Crippen LogP contribution in [0.25, 0.3) is 0 Å². The van der Waals surface area contributed by atoms with E-state index in [0.29, 0.717) is 19.0 Å². The van der Waals surface area contributed by atoms with Gasteiger partial charge < -0.3 is 14.5 Å². The van der Waals surface area contributed by atoms with Gasteiger partial charge in [0.1, 0.15) is 5.60 Å². The number of aromatic nitrogens is 2. The van der Waals surface area contributed by atoms with Gasteiger partial charge in [0.25, 0.3) is 0 Å². The molecule has 122 valence electrons. The molecule has 2 rings (SSSR count). The number of likely N-dealkylation sites (tertiary alicyclic amines) is 1. The van der Waals surface area contributed by atoms with Gasteiger partial charge in [0.15, 0.2) is 5.82 Å². The number of anilines is 1. The van der Waals surface area contributed by atoms with Crippen LogP contribution in [0.4, 0.5) is 15.1 Å². The molecule has 2 heterocycles. The van der Waals surface area contributed by atoms with Crippen molar-refractivity contribution in [3.8, 4) is 0 Å². The fourth-order valence-corrected chi connectivity index (χ4v) is 2.49. The molecule has 1 aromatic rings. The maximum atomic E-state index is 12.9. The molecule has 1 aromatic heterocycles. The molecule has 1 aliphatic rings. The van der Waals surface area contributed by atoms with Gasteiger partial charge in [-0.3, -0.25) is 0 Å². The standard InChI is InChI=1S/C15H23FN4O2/c1-15(2,3)22-14(21)20-7-5-6-12(20)10-19(4)13-17-8-11(16)9-18-13/h8-9,12H,5-7,10H2,1-4H3. The maximum absolute atomic E-state index is 12.9. The Balaban J connectivity index is 1.98. The number of likely N-dealkylation sites (N-methyl/N-ethyl adjacent to an activating group) is 1. The number of halogens is 1. The molecular formula is C15H23FN4O2. The van der Waals surface area contributed by atoms with E-state index in [1.54, 1.807) is 4.90 Å². The van der Waals surface area contributed by atoms with E-state index in [1.165, 1.54) is 0 Å². The van der Waals surface area contributed by atoms with Crippen LogP contribution in [0.15, 0.2) is 12.4 Å². The highest BCUT2D eigenvalue weighted by Gasteiger charge is 2.33. The topological polar surface area (TPSA) is 58.6 Å². The molecule has 1 atom stereocenters. The van der Waals surface area contributed by atoms with Crippen molar-refractivity contribution in [2.75, 3.05) is 25.0 Å². The number of carbonyl (C=O) groups is 1. The predicted molar refractivity (Wildman–Crippen MR) is 81.2 cm³/mol. The van der Waals surface area contributed by atoms with Gasteiger partial charge in [-0.15, -0.1) is 0 Å². The van der Waals surface area contributed by atoms with Crippen molar-refractivity contribution >= 4 is 12.0 Å². The summed E-state index contributed by atoms with van der Waals surface area (Å²) in [6.07, 6.45) is 3.84. The van der Waals surface area contributed by atoms with E-state index in [2.05, 4.69) is 9.97 Å². The van der Waals surface area contributed by atoms with Crippen molar-refractivity contribution in [2.45, 2.75) is 45.3 Å². The van der Waals surface area contributed by atoms with Crippen LogP contribution in [0.3, 0.4) is 0 Å². The van der Waals surface area contributed by atoms with E-state index in [1.807, 2.05) is 32.7 Å². The first kappa shape index (κ1) is 16.5. The lowest BCUT2D eigenvalue weighted by Gasteiger charge is -2.30. The van der Waals surface area contributed by atoms with Crippen LogP contribution in [0.1, 0.15) is 33.6 Å². The van der Waals surface area contributed by atoms with Gasteiger partial charge in [0, 0.05) is 20.1 Å². The summed E-state index contributed by atoms with van der Waals surface area (Å²) in [7, 11) is 1.83. The largest absolute Gasteiger partial charge is 0.444 e. The quantitative estimate of drug-likeness (QED) is 0.858. The number of nitrogens with zero attached hydrogens (tertiary/aromatic N) is 4. The summed E-state index contributed by atoms with van der Waals surface area (Å²) in [5.41, 5.74) is -0.504. The lowest BCUT2D eigenvalue weighted by Crippen LogP contribution is -2.44. The molecule has 1 aliphatic heterocycles. The van der Waals surface area contributed by atoms with Crippen molar-refractivity contribution in [2.24, 2.45) is 0 Å². The second kappa shape index (κ2) is 6.46. The average molecular weight is 310 g/mol. The van der Waals surface area contributed by atoms with E-state index in [4.69, 9.17) is 4.74 Å². The van der Waals surface area contributed by atoms with Gasteiger partial charge >= 0.3 is 6.09 Å². The molecule has 0 spiro atoms. The summed E-state index contributed by atoms with van der Waals surface area (Å²) < 4.78 is 18.3. The predicted octanol–water partition coefficient (Wildman–Crippen LogP) is 2.45. The third-order valence-electron chi connectivity index (χ3n) is 3.44. The fourth-order valence-electron chi connectivity index (χ4n) is 2.49. The molecule has 0 aromatic carbocycles. The van der Waals surface area contributed by atoms with Gasteiger partial charge in [0.05, 0.1) is 18.4 Å². The van der Waals surface area contributed by atoms with Crippen molar-refractivity contribution in [3.63, 3.8) is 0 Å². The minimum absolute atomic E-state index is 0.0495. The van der Waals surface area contributed by atoms with Crippen LogP contribution in [-0.2, 0) is 4.74 Å². The summed E-state index contributed by atoms with van der Waals surface area (Å²) >= 11 is 0. The fraction of sp³-hybridized carbons (Fsp3) is 0.667. The Bertz CT molecular complexity index is 515. The van der Waals surface area contributed by atoms with Crippen LogP contribution in [0, 0.1) is 5.82 Å². The van der Waals surface area contributed by atoms with Crippen LogP contribution in [0.2, 0.25) is 0 Å². The number of hydrogen-bond acceptors (Lipinski definition) is 5. The third kappa shape index (κ3) is 4.29. The number of hydrogen-bond donors (Lipinski definition) is 0. The highest BCUT2D eigenvalue weighted by atomic mass is 19.1. The van der Waals surface area contributed by atoms with Gasteiger partial charge in [0.2, 0.25) is 5.95 Å². The monoisotopic (exact) mass is 310 g/mol. The summed E-state index contributed by atoms with van der Waals surface area (Å²) in [6, 6.07) is 0.0495. The molecule has 0 aliphatic carbocycles. The van der Waals surface area contributed by atoms with Crippen molar-refractivity contribution in [3.05, 3.63) is 18.2 Å². The number of rotatable bonds is 3. The molecule has 7 heteroatoms. The molecule has 1 fully saturated rings. The smallest absolute Gasteiger partial charge is 0.410 e. The Labute approximate surface area is 130 Å². The number of carbonyl (C=O) groups excluding carboxylic acids is 1. The van der Waals surface area contributed by atoms with Crippen molar-refractivity contribution in [1.82, 2.24) is 14.9 Å². The first-order valence-corrected chi connectivity index (χ1v) is 7.44. The molecule has 22 heavy (non-hydrogen) atoms. The highest BCUT2D eigenvalue weighted by Crippen LogP contribution is 2.22. The van der Waals surface area contributed by atoms with Gasteiger partial charge in [-0.2, -0.15) is 0 Å². The van der Waals surface area contributed by atoms with Crippen LogP contribution < -0.4 is 4.90 Å². The zero-order valence-electron chi connectivity index (χ0n) is 13.5. The molecule has 0 N–H and O–H groups in total. The molecule has 1 saturated heterocycles. The molecule has 0 bridgehead atoms. The highest BCUT2D eigenvalue weighted by molar-refractivity contribution is 5.69. The van der Waals surface area contributed by atoms with E-state index < -0.39 is 11.4 Å². The minimum atomic E-state index is -0.504. The third-order valence-corrected chi connectivity index (χ3v) is 3.44. The number of ether oxygens (including phenoxy) is 1. The second-order valence-corrected chi connectivity index (χ2v) is 6.55. The Morgan fingerprint density at radius 3 is 2.68 bits per heavy atom. The average Bonchev–Trinajstić information content (AvgIpc) is 2.85. The SMILES string of the molecule is CN(CC1CCCN1C(=O)OC(C)(C)C)c1ncc(F)cn1.